The monoisotopic (exact) mass is 301 g/mol. The maximum absolute atomic E-state index is 10.0. The Labute approximate surface area is 120 Å². The Morgan fingerprint density at radius 2 is 2.11 bits per heavy atom. The molecule has 18 heavy (non-hydrogen) atoms. The number of benzene rings is 1. The molecule has 1 aromatic heterocycles. The van der Waals surface area contributed by atoms with Gasteiger partial charge in [0.05, 0.1) is 16.8 Å². The van der Waals surface area contributed by atoms with E-state index in [4.69, 9.17) is 23.2 Å². The molecule has 0 saturated heterocycles. The van der Waals surface area contributed by atoms with Crippen LogP contribution in [0, 0.1) is 6.92 Å². The summed E-state index contributed by atoms with van der Waals surface area (Å²) in [5.41, 5.74) is 1.83. The van der Waals surface area contributed by atoms with E-state index in [1.807, 2.05) is 18.4 Å². The van der Waals surface area contributed by atoms with Gasteiger partial charge in [0, 0.05) is 28.3 Å². The van der Waals surface area contributed by atoms with Gasteiger partial charge in [0.1, 0.15) is 0 Å². The SMILES string of the molecule is Cc1nc(CC(O)Cc2ccc(Cl)cc2Cl)cs1. The second-order valence-electron chi connectivity index (χ2n) is 4.16. The van der Waals surface area contributed by atoms with Crippen LogP contribution in [0.5, 0.6) is 0 Å². The van der Waals surface area contributed by atoms with Crippen molar-refractivity contribution in [2.75, 3.05) is 0 Å². The van der Waals surface area contributed by atoms with Crippen LogP contribution < -0.4 is 0 Å². The number of aliphatic hydroxyl groups is 1. The van der Waals surface area contributed by atoms with Gasteiger partial charge in [0.2, 0.25) is 0 Å². The van der Waals surface area contributed by atoms with Gasteiger partial charge >= 0.3 is 0 Å². The molecule has 1 N–H and O–H groups in total. The van der Waals surface area contributed by atoms with Gasteiger partial charge in [0.25, 0.3) is 0 Å². The van der Waals surface area contributed by atoms with Crippen molar-refractivity contribution < 1.29 is 5.11 Å². The molecule has 0 bridgehead atoms. The molecule has 2 aromatic rings. The van der Waals surface area contributed by atoms with Gasteiger partial charge in [0.15, 0.2) is 0 Å². The van der Waals surface area contributed by atoms with E-state index in [-0.39, 0.29) is 0 Å². The number of hydrogen-bond donors (Lipinski definition) is 1. The van der Waals surface area contributed by atoms with Gasteiger partial charge in [-0.1, -0.05) is 29.3 Å². The van der Waals surface area contributed by atoms with Crippen molar-refractivity contribution in [2.24, 2.45) is 0 Å². The largest absolute Gasteiger partial charge is 0.392 e. The summed E-state index contributed by atoms with van der Waals surface area (Å²) in [7, 11) is 0. The molecule has 2 rings (SSSR count). The molecule has 96 valence electrons. The highest BCUT2D eigenvalue weighted by Gasteiger charge is 2.11. The Hall–Kier alpha value is -0.610. The van der Waals surface area contributed by atoms with E-state index in [1.54, 1.807) is 23.5 Å². The summed E-state index contributed by atoms with van der Waals surface area (Å²) < 4.78 is 0. The number of nitrogens with zero attached hydrogens (tertiary/aromatic N) is 1. The normalized spacial score (nSPS) is 12.7. The maximum Gasteiger partial charge on any atom is 0.0897 e. The van der Waals surface area contributed by atoms with E-state index in [0.717, 1.165) is 16.3 Å². The molecule has 1 aromatic carbocycles. The number of thiazole rings is 1. The molecule has 0 radical (unpaired) electrons. The number of rotatable bonds is 4. The van der Waals surface area contributed by atoms with Gasteiger partial charge < -0.3 is 5.11 Å². The Bertz CT molecular complexity index is 542. The zero-order valence-corrected chi connectivity index (χ0v) is 12.2. The molecule has 1 heterocycles. The van der Waals surface area contributed by atoms with Crippen LogP contribution in [0.25, 0.3) is 0 Å². The van der Waals surface area contributed by atoms with Crippen molar-refractivity contribution in [1.29, 1.82) is 0 Å². The van der Waals surface area contributed by atoms with Crippen LogP contribution in [-0.4, -0.2) is 16.2 Å². The fraction of sp³-hybridized carbons (Fsp3) is 0.308. The molecule has 2 nitrogen and oxygen atoms in total. The lowest BCUT2D eigenvalue weighted by Gasteiger charge is -2.10. The smallest absolute Gasteiger partial charge is 0.0897 e. The fourth-order valence-corrected chi connectivity index (χ4v) is 2.87. The second-order valence-corrected chi connectivity index (χ2v) is 6.06. The Morgan fingerprint density at radius 3 is 2.72 bits per heavy atom. The van der Waals surface area contributed by atoms with E-state index >= 15 is 0 Å². The van der Waals surface area contributed by atoms with Gasteiger partial charge in [-0.15, -0.1) is 11.3 Å². The molecule has 1 unspecified atom stereocenters. The first-order valence-electron chi connectivity index (χ1n) is 5.57. The number of aryl methyl sites for hydroxylation is 1. The molecular weight excluding hydrogens is 289 g/mol. The lowest BCUT2D eigenvalue weighted by Crippen LogP contribution is -2.14. The average molecular weight is 302 g/mol. The third kappa shape index (κ3) is 3.69. The summed E-state index contributed by atoms with van der Waals surface area (Å²) in [5.74, 6) is 0. The standard InChI is InChI=1S/C13H13Cl2NOS/c1-8-16-11(7-18-8)6-12(17)4-9-2-3-10(14)5-13(9)15/h2-3,5,7,12,17H,4,6H2,1H3. The Balaban J connectivity index is 2.00. The minimum atomic E-state index is -0.481. The summed E-state index contributed by atoms with van der Waals surface area (Å²) >= 11 is 13.5. The molecule has 1 atom stereocenters. The summed E-state index contributed by atoms with van der Waals surface area (Å²) in [5, 5.41) is 14.2. The predicted molar refractivity (Wildman–Crippen MR) is 76.7 cm³/mol. The van der Waals surface area contributed by atoms with Crippen LogP contribution in [0.1, 0.15) is 16.3 Å². The number of hydrogen-bond acceptors (Lipinski definition) is 3. The van der Waals surface area contributed by atoms with Crippen molar-refractivity contribution >= 4 is 34.5 Å². The molecule has 0 fully saturated rings. The number of aromatic nitrogens is 1. The van der Waals surface area contributed by atoms with Crippen LogP contribution in [0.2, 0.25) is 10.0 Å². The summed E-state index contributed by atoms with van der Waals surface area (Å²) in [6.45, 7) is 1.95. The van der Waals surface area contributed by atoms with Crippen molar-refractivity contribution in [3.63, 3.8) is 0 Å². The van der Waals surface area contributed by atoms with Crippen LogP contribution in [-0.2, 0) is 12.8 Å². The molecule has 0 saturated carbocycles. The van der Waals surface area contributed by atoms with Crippen molar-refractivity contribution in [3.8, 4) is 0 Å². The van der Waals surface area contributed by atoms with Crippen LogP contribution in [0.3, 0.4) is 0 Å². The first-order valence-corrected chi connectivity index (χ1v) is 7.21. The minimum Gasteiger partial charge on any atom is -0.392 e. The van der Waals surface area contributed by atoms with Gasteiger partial charge in [-0.25, -0.2) is 4.98 Å². The molecule has 0 amide bonds. The minimum absolute atomic E-state index is 0.481. The van der Waals surface area contributed by atoms with E-state index in [2.05, 4.69) is 4.98 Å². The fourth-order valence-electron chi connectivity index (χ4n) is 1.76. The Kier molecular flexibility index (Phi) is 4.62. The van der Waals surface area contributed by atoms with Crippen LogP contribution in [0.15, 0.2) is 23.6 Å². The van der Waals surface area contributed by atoms with Gasteiger partial charge in [-0.2, -0.15) is 0 Å². The summed E-state index contributed by atoms with van der Waals surface area (Å²) in [4.78, 5) is 4.33. The quantitative estimate of drug-likeness (QED) is 0.929. The molecule has 0 aliphatic heterocycles. The third-order valence-corrected chi connectivity index (χ3v) is 3.99. The van der Waals surface area contributed by atoms with Gasteiger partial charge in [-0.3, -0.25) is 0 Å². The zero-order valence-electron chi connectivity index (χ0n) is 9.86. The molecule has 0 aliphatic rings. The van der Waals surface area contributed by atoms with E-state index in [1.165, 1.54) is 0 Å². The number of halogens is 2. The Morgan fingerprint density at radius 1 is 1.33 bits per heavy atom. The van der Waals surface area contributed by atoms with Gasteiger partial charge in [-0.05, 0) is 24.6 Å². The highest BCUT2D eigenvalue weighted by molar-refractivity contribution is 7.09. The van der Waals surface area contributed by atoms with Crippen molar-refractivity contribution in [3.05, 3.63) is 49.9 Å². The topological polar surface area (TPSA) is 33.1 Å². The first-order chi connectivity index (χ1) is 8.54. The van der Waals surface area contributed by atoms with Crippen molar-refractivity contribution in [2.45, 2.75) is 25.9 Å². The lowest BCUT2D eigenvalue weighted by atomic mass is 10.0. The van der Waals surface area contributed by atoms with Crippen molar-refractivity contribution in [1.82, 2.24) is 4.98 Å². The van der Waals surface area contributed by atoms with Crippen LogP contribution in [0.4, 0.5) is 0 Å². The molecule has 5 heteroatoms. The molecular formula is C13H13Cl2NOS. The maximum atomic E-state index is 10.0. The average Bonchev–Trinajstić information content (AvgIpc) is 2.68. The molecule has 0 spiro atoms. The highest BCUT2D eigenvalue weighted by atomic mass is 35.5. The predicted octanol–water partition coefficient (Wildman–Crippen LogP) is 3.90. The van der Waals surface area contributed by atoms with E-state index < -0.39 is 6.10 Å². The first kappa shape index (κ1) is 13.8. The lowest BCUT2D eigenvalue weighted by molar-refractivity contribution is 0.174. The van der Waals surface area contributed by atoms with E-state index in [9.17, 15) is 5.11 Å². The summed E-state index contributed by atoms with van der Waals surface area (Å²) in [6, 6.07) is 5.32. The third-order valence-electron chi connectivity index (χ3n) is 2.58. The zero-order chi connectivity index (χ0) is 13.1. The second kappa shape index (κ2) is 6.02. The molecule has 0 aliphatic carbocycles. The van der Waals surface area contributed by atoms with Crippen LogP contribution >= 0.6 is 34.5 Å². The van der Waals surface area contributed by atoms with E-state index in [0.29, 0.717) is 22.9 Å². The summed E-state index contributed by atoms with van der Waals surface area (Å²) in [6.07, 6.45) is 0.570. The highest BCUT2D eigenvalue weighted by Crippen LogP contribution is 2.23. The number of aliphatic hydroxyl groups excluding tert-OH is 1.